The Morgan fingerprint density at radius 3 is 2.38 bits per heavy atom. The Kier molecular flexibility index (Phi) is 7.26. The second-order valence-corrected chi connectivity index (χ2v) is 11.3. The number of aryl methyl sites for hydroxylation is 2. The normalized spacial score (nSPS) is 15.0. The predicted octanol–water partition coefficient (Wildman–Crippen LogP) is 7.29. The first-order valence-corrected chi connectivity index (χ1v) is 14.2. The number of aliphatic hydroxyl groups is 1. The predicted molar refractivity (Wildman–Crippen MR) is 160 cm³/mol. The topological polar surface area (TPSA) is 58.6 Å². The lowest BCUT2D eigenvalue weighted by Gasteiger charge is -2.38. The largest absolute Gasteiger partial charge is 0.464 e. The van der Waals surface area contributed by atoms with Gasteiger partial charge in [-0.1, -0.05) is 54.1 Å². The number of rotatable bonds is 7. The number of benzene rings is 3. The minimum atomic E-state index is -0.766. The lowest BCUT2D eigenvalue weighted by atomic mass is 9.85. The van der Waals surface area contributed by atoms with Gasteiger partial charge >= 0.3 is 0 Å². The smallest absolute Gasteiger partial charge is 0.222 e. The van der Waals surface area contributed by atoms with Gasteiger partial charge in [-0.05, 0) is 78.4 Å². The van der Waals surface area contributed by atoms with E-state index < -0.39 is 5.60 Å². The molecule has 3 heterocycles. The molecule has 3 aromatic carbocycles. The molecule has 0 radical (unpaired) electrons. The molecule has 0 spiro atoms. The van der Waals surface area contributed by atoms with Crippen LogP contribution in [0.5, 0.6) is 0 Å². The number of carbonyl (C=O) groups is 1. The van der Waals surface area contributed by atoms with Gasteiger partial charge in [-0.15, -0.1) is 0 Å². The van der Waals surface area contributed by atoms with E-state index in [-0.39, 0.29) is 5.91 Å². The first-order valence-electron chi connectivity index (χ1n) is 13.9. The van der Waals surface area contributed by atoms with Crippen LogP contribution in [-0.4, -0.2) is 39.2 Å². The molecule has 2 aromatic heterocycles. The van der Waals surface area contributed by atoms with Crippen molar-refractivity contribution in [3.8, 4) is 22.6 Å². The van der Waals surface area contributed by atoms with Crippen molar-refractivity contribution in [1.29, 1.82) is 0 Å². The van der Waals surface area contributed by atoms with E-state index in [1.54, 1.807) is 6.26 Å². The zero-order valence-electron chi connectivity index (χ0n) is 22.6. The number of aromatic nitrogens is 1. The third kappa shape index (κ3) is 5.32. The van der Waals surface area contributed by atoms with E-state index in [0.29, 0.717) is 50.2 Å². The summed E-state index contributed by atoms with van der Waals surface area (Å²) >= 11 is 6.20. The molecule has 5 nitrogen and oxygen atoms in total. The fourth-order valence-electron chi connectivity index (χ4n) is 6.06. The Hall–Kier alpha value is -3.80. The zero-order chi connectivity index (χ0) is 27.7. The molecule has 204 valence electrons. The van der Waals surface area contributed by atoms with Crippen LogP contribution >= 0.6 is 11.6 Å². The highest BCUT2D eigenvalue weighted by Gasteiger charge is 2.34. The van der Waals surface area contributed by atoms with Gasteiger partial charge in [0.1, 0.15) is 5.76 Å². The molecule has 1 N–H and O–H groups in total. The molecule has 6 heteroatoms. The summed E-state index contributed by atoms with van der Waals surface area (Å²) < 4.78 is 7.88. The zero-order valence-corrected chi connectivity index (χ0v) is 23.4. The number of fused-ring (bicyclic) bond motifs is 1. The first kappa shape index (κ1) is 26.4. The van der Waals surface area contributed by atoms with Gasteiger partial charge in [0.15, 0.2) is 0 Å². The summed E-state index contributed by atoms with van der Waals surface area (Å²) in [6.45, 7) is 1.15. The van der Waals surface area contributed by atoms with Gasteiger partial charge in [-0.3, -0.25) is 4.79 Å². The van der Waals surface area contributed by atoms with Crippen molar-refractivity contribution in [2.24, 2.45) is 7.05 Å². The van der Waals surface area contributed by atoms with Crippen LogP contribution in [0.1, 0.15) is 30.4 Å². The molecule has 1 aliphatic rings. The molecule has 1 aliphatic heterocycles. The SMILES string of the molecule is Cn1c(-c2ccc(Cl)cc2)c(CCC(=O)N2CCC(O)(Cc3ccccc3)CC2)c2cc(-c3ccco3)ccc21. The maximum atomic E-state index is 13.4. The minimum absolute atomic E-state index is 0.128. The van der Waals surface area contributed by atoms with Crippen molar-refractivity contribution in [3.63, 3.8) is 0 Å². The van der Waals surface area contributed by atoms with Crippen molar-refractivity contribution in [1.82, 2.24) is 9.47 Å². The number of amides is 1. The molecule has 0 saturated carbocycles. The van der Waals surface area contributed by atoms with Gasteiger partial charge in [-0.25, -0.2) is 0 Å². The molecule has 1 saturated heterocycles. The maximum absolute atomic E-state index is 13.4. The van der Waals surface area contributed by atoms with E-state index in [4.69, 9.17) is 16.0 Å². The van der Waals surface area contributed by atoms with Crippen molar-refractivity contribution >= 4 is 28.4 Å². The van der Waals surface area contributed by atoms with Gasteiger partial charge in [0, 0.05) is 54.5 Å². The molecular weight excluding hydrogens is 520 g/mol. The van der Waals surface area contributed by atoms with Crippen molar-refractivity contribution in [3.05, 3.63) is 107 Å². The average Bonchev–Trinajstić information content (AvgIpc) is 3.60. The number of carbonyl (C=O) groups excluding carboxylic acids is 1. The summed E-state index contributed by atoms with van der Waals surface area (Å²) in [6, 6.07) is 28.2. The summed E-state index contributed by atoms with van der Waals surface area (Å²) in [5.41, 5.74) is 5.76. The van der Waals surface area contributed by atoms with Crippen molar-refractivity contribution < 1.29 is 14.3 Å². The number of likely N-dealkylation sites (tertiary alicyclic amines) is 1. The van der Waals surface area contributed by atoms with Crippen LogP contribution in [0.15, 0.2) is 95.6 Å². The quantitative estimate of drug-likeness (QED) is 0.231. The van der Waals surface area contributed by atoms with Crippen LogP contribution < -0.4 is 0 Å². The van der Waals surface area contributed by atoms with Gasteiger partial charge in [0.2, 0.25) is 5.91 Å². The summed E-state index contributed by atoms with van der Waals surface area (Å²) in [7, 11) is 2.07. The molecule has 0 bridgehead atoms. The second kappa shape index (κ2) is 11.0. The van der Waals surface area contributed by atoms with E-state index in [2.05, 4.69) is 41.9 Å². The summed E-state index contributed by atoms with van der Waals surface area (Å²) in [5.74, 6) is 0.945. The van der Waals surface area contributed by atoms with Crippen LogP contribution in [0.25, 0.3) is 33.5 Å². The molecule has 0 aliphatic carbocycles. The molecule has 5 aromatic rings. The maximum Gasteiger partial charge on any atom is 0.222 e. The van der Waals surface area contributed by atoms with Crippen LogP contribution in [0.3, 0.4) is 0 Å². The van der Waals surface area contributed by atoms with Gasteiger partial charge in [0.25, 0.3) is 0 Å². The number of piperidine rings is 1. The monoisotopic (exact) mass is 552 g/mol. The van der Waals surface area contributed by atoms with E-state index in [1.165, 1.54) is 0 Å². The molecule has 0 atom stereocenters. The minimum Gasteiger partial charge on any atom is -0.464 e. The molecule has 1 amide bonds. The van der Waals surface area contributed by atoms with E-state index in [9.17, 15) is 9.90 Å². The highest BCUT2D eigenvalue weighted by Crippen LogP contribution is 2.37. The average molecular weight is 553 g/mol. The Bertz CT molecular complexity index is 1610. The van der Waals surface area contributed by atoms with E-state index in [0.717, 1.165) is 44.6 Å². The van der Waals surface area contributed by atoms with Crippen molar-refractivity contribution in [2.45, 2.75) is 37.7 Å². The highest BCUT2D eigenvalue weighted by molar-refractivity contribution is 6.30. The number of halogens is 1. The molecule has 40 heavy (non-hydrogen) atoms. The van der Waals surface area contributed by atoms with Crippen molar-refractivity contribution in [2.75, 3.05) is 13.1 Å². The van der Waals surface area contributed by atoms with Crippen LogP contribution in [0.2, 0.25) is 5.02 Å². The third-order valence-corrected chi connectivity index (χ3v) is 8.49. The lowest BCUT2D eigenvalue weighted by Crippen LogP contribution is -2.47. The van der Waals surface area contributed by atoms with Gasteiger partial charge in [-0.2, -0.15) is 0 Å². The standard InChI is InChI=1S/C34H33ClN2O3/c1-36-30-15-11-26(31-8-5-21-40-31)22-29(30)28(33(36)25-9-12-27(35)13-10-25)14-16-32(38)37-19-17-34(39,18-20-37)23-24-6-3-2-4-7-24/h2-13,15,21-22,39H,14,16-20,23H2,1H3. The fraction of sp³-hybridized carbons (Fsp3) is 0.265. The number of hydrogen-bond acceptors (Lipinski definition) is 3. The summed E-state index contributed by atoms with van der Waals surface area (Å²) in [6.07, 6.45) is 4.49. The second-order valence-electron chi connectivity index (χ2n) is 10.9. The first-order chi connectivity index (χ1) is 19.4. The van der Waals surface area contributed by atoms with E-state index in [1.807, 2.05) is 59.5 Å². The van der Waals surface area contributed by atoms with Gasteiger partial charge < -0.3 is 19.0 Å². The van der Waals surface area contributed by atoms with Crippen LogP contribution in [-0.2, 0) is 24.7 Å². The molecule has 0 unspecified atom stereocenters. The molecule has 6 rings (SSSR count). The van der Waals surface area contributed by atoms with Gasteiger partial charge in [0.05, 0.1) is 17.6 Å². The lowest BCUT2D eigenvalue weighted by molar-refractivity contribution is -0.135. The fourth-order valence-corrected chi connectivity index (χ4v) is 6.19. The summed E-state index contributed by atoms with van der Waals surface area (Å²) in [5, 5.41) is 13.0. The number of hydrogen-bond donors (Lipinski definition) is 1. The van der Waals surface area contributed by atoms with Crippen LogP contribution in [0.4, 0.5) is 0 Å². The summed E-state index contributed by atoms with van der Waals surface area (Å²) in [4.78, 5) is 15.4. The third-order valence-electron chi connectivity index (χ3n) is 8.24. The molecular formula is C34H33ClN2O3. The molecule has 1 fully saturated rings. The number of nitrogens with zero attached hydrogens (tertiary/aromatic N) is 2. The highest BCUT2D eigenvalue weighted by atomic mass is 35.5. The Labute approximate surface area is 239 Å². The van der Waals surface area contributed by atoms with Crippen LogP contribution in [0, 0.1) is 0 Å². The Morgan fingerprint density at radius 2 is 1.68 bits per heavy atom. The number of furan rings is 1. The Balaban J connectivity index is 1.24. The Morgan fingerprint density at radius 1 is 0.950 bits per heavy atom. The van der Waals surface area contributed by atoms with E-state index >= 15 is 0 Å².